The van der Waals surface area contributed by atoms with Crippen molar-refractivity contribution in [2.75, 3.05) is 10.8 Å². The van der Waals surface area contributed by atoms with Gasteiger partial charge in [-0.15, -0.1) is 11.6 Å². The van der Waals surface area contributed by atoms with Gasteiger partial charge in [-0.1, -0.05) is 18.2 Å². The molecular formula is C15H18ClNO3. The van der Waals surface area contributed by atoms with Gasteiger partial charge in [-0.25, -0.2) is 4.79 Å². The first-order valence-corrected chi connectivity index (χ1v) is 7.06. The van der Waals surface area contributed by atoms with Crippen LogP contribution in [0, 0.1) is 0 Å². The molecule has 0 saturated heterocycles. The number of halogens is 1. The van der Waals surface area contributed by atoms with Gasteiger partial charge in [0.1, 0.15) is 11.6 Å². The van der Waals surface area contributed by atoms with Gasteiger partial charge in [0.05, 0.1) is 11.6 Å². The van der Waals surface area contributed by atoms with Crippen LogP contribution in [0.3, 0.4) is 0 Å². The highest BCUT2D eigenvalue weighted by Crippen LogP contribution is 2.33. The summed E-state index contributed by atoms with van der Waals surface area (Å²) in [7, 11) is 0. The van der Waals surface area contributed by atoms with Crippen LogP contribution in [-0.4, -0.2) is 29.4 Å². The summed E-state index contributed by atoms with van der Waals surface area (Å²) in [4.78, 5) is 25.8. The van der Waals surface area contributed by atoms with Gasteiger partial charge in [-0.2, -0.15) is 0 Å². The van der Waals surface area contributed by atoms with Gasteiger partial charge >= 0.3 is 6.09 Å². The lowest BCUT2D eigenvalue weighted by atomic mass is 10.1. The van der Waals surface area contributed by atoms with Crippen LogP contribution >= 0.6 is 11.6 Å². The number of Topliss-reactive ketones (excluding diaryl/α,β-unsaturated/α-hetero) is 1. The number of fused-ring (bicyclic) bond motifs is 1. The molecule has 0 bridgehead atoms. The van der Waals surface area contributed by atoms with Gasteiger partial charge in [0.15, 0.2) is 5.78 Å². The van der Waals surface area contributed by atoms with Crippen LogP contribution in [0.15, 0.2) is 24.3 Å². The molecule has 1 atom stereocenters. The maximum absolute atomic E-state index is 12.4. The molecule has 0 fully saturated rings. The van der Waals surface area contributed by atoms with Crippen LogP contribution in [0.2, 0.25) is 0 Å². The topological polar surface area (TPSA) is 46.6 Å². The normalized spacial score (nSPS) is 17.8. The lowest BCUT2D eigenvalue weighted by molar-refractivity contribution is -0.117. The largest absolute Gasteiger partial charge is 0.443 e. The number of rotatable bonds is 2. The number of para-hydroxylation sites is 1. The average Bonchev–Trinajstić information content (AvgIpc) is 2.75. The second kappa shape index (κ2) is 5.44. The summed E-state index contributed by atoms with van der Waals surface area (Å²) >= 11 is 5.65. The molecule has 0 saturated carbocycles. The van der Waals surface area contributed by atoms with Gasteiger partial charge in [-0.3, -0.25) is 9.69 Å². The van der Waals surface area contributed by atoms with E-state index in [4.69, 9.17) is 16.3 Å². The van der Waals surface area contributed by atoms with E-state index in [1.54, 1.807) is 20.8 Å². The molecule has 1 aliphatic heterocycles. The van der Waals surface area contributed by atoms with Crippen molar-refractivity contribution in [1.29, 1.82) is 0 Å². The Labute approximate surface area is 123 Å². The Morgan fingerprint density at radius 1 is 1.35 bits per heavy atom. The number of carbonyl (C=O) groups excluding carboxylic acids is 2. The number of ether oxygens (including phenoxy) is 1. The molecule has 0 radical (unpaired) electrons. The third-order valence-corrected chi connectivity index (χ3v) is 3.33. The van der Waals surface area contributed by atoms with E-state index in [-0.39, 0.29) is 11.7 Å². The van der Waals surface area contributed by atoms with Gasteiger partial charge in [0.25, 0.3) is 0 Å². The Hall–Kier alpha value is -1.55. The van der Waals surface area contributed by atoms with Crippen molar-refractivity contribution >= 4 is 29.2 Å². The van der Waals surface area contributed by atoms with E-state index in [0.717, 1.165) is 11.3 Å². The molecule has 5 heteroatoms. The average molecular weight is 296 g/mol. The fourth-order valence-electron chi connectivity index (χ4n) is 2.27. The van der Waals surface area contributed by atoms with E-state index in [1.807, 2.05) is 24.3 Å². The highest BCUT2D eigenvalue weighted by molar-refractivity contribution is 6.29. The minimum absolute atomic E-state index is 0.113. The van der Waals surface area contributed by atoms with Crippen molar-refractivity contribution in [1.82, 2.24) is 0 Å². The Morgan fingerprint density at radius 3 is 2.60 bits per heavy atom. The van der Waals surface area contributed by atoms with Gasteiger partial charge in [0.2, 0.25) is 0 Å². The lowest BCUT2D eigenvalue weighted by Crippen LogP contribution is -2.45. The molecule has 20 heavy (non-hydrogen) atoms. The van der Waals surface area contributed by atoms with Crippen molar-refractivity contribution in [3.8, 4) is 0 Å². The summed E-state index contributed by atoms with van der Waals surface area (Å²) in [6.07, 6.45) is -0.0213. The first-order valence-electron chi connectivity index (χ1n) is 6.52. The molecule has 1 heterocycles. The first kappa shape index (κ1) is 14.9. The molecule has 2 rings (SSSR count). The molecule has 1 aromatic carbocycles. The van der Waals surface area contributed by atoms with E-state index >= 15 is 0 Å². The molecule has 0 N–H and O–H groups in total. The summed E-state index contributed by atoms with van der Waals surface area (Å²) in [6, 6.07) is 6.89. The molecular weight excluding hydrogens is 278 g/mol. The number of ketones is 1. The van der Waals surface area contributed by atoms with E-state index in [1.165, 1.54) is 4.90 Å². The fraction of sp³-hybridized carbons (Fsp3) is 0.467. The zero-order chi connectivity index (χ0) is 14.9. The summed E-state index contributed by atoms with van der Waals surface area (Å²) in [5.74, 6) is -0.286. The van der Waals surface area contributed by atoms with Crippen LogP contribution in [0.25, 0.3) is 0 Å². The Morgan fingerprint density at radius 2 is 2.00 bits per heavy atom. The highest BCUT2D eigenvalue weighted by Gasteiger charge is 2.39. The zero-order valence-electron chi connectivity index (χ0n) is 11.9. The summed E-state index contributed by atoms with van der Waals surface area (Å²) in [5.41, 5.74) is 1.08. The number of amides is 1. The monoisotopic (exact) mass is 295 g/mol. The second-order valence-electron chi connectivity index (χ2n) is 5.80. The maximum Gasteiger partial charge on any atom is 0.415 e. The van der Waals surface area contributed by atoms with Crippen molar-refractivity contribution in [2.45, 2.75) is 38.8 Å². The van der Waals surface area contributed by atoms with E-state index in [0.29, 0.717) is 6.42 Å². The number of carbonyl (C=O) groups is 2. The number of anilines is 1. The molecule has 108 valence electrons. The molecule has 4 nitrogen and oxygen atoms in total. The van der Waals surface area contributed by atoms with Crippen molar-refractivity contribution in [3.05, 3.63) is 29.8 Å². The van der Waals surface area contributed by atoms with Crippen LogP contribution in [0.1, 0.15) is 26.3 Å². The molecule has 0 aromatic heterocycles. The number of hydrogen-bond donors (Lipinski definition) is 0. The predicted octanol–water partition coefficient (Wildman–Crippen LogP) is 3.16. The predicted molar refractivity (Wildman–Crippen MR) is 78.4 cm³/mol. The minimum atomic E-state index is -0.608. The SMILES string of the molecule is CC(C)(C)OC(=O)N1c2ccccc2CC1C(=O)CCl. The van der Waals surface area contributed by atoms with Crippen molar-refractivity contribution in [2.24, 2.45) is 0 Å². The third kappa shape index (κ3) is 2.96. The van der Waals surface area contributed by atoms with E-state index in [2.05, 4.69) is 0 Å². The highest BCUT2D eigenvalue weighted by atomic mass is 35.5. The van der Waals surface area contributed by atoms with Crippen LogP contribution in [-0.2, 0) is 16.0 Å². The number of hydrogen-bond acceptors (Lipinski definition) is 3. The summed E-state index contributed by atoms with van der Waals surface area (Å²) in [5, 5.41) is 0. The molecule has 1 amide bonds. The third-order valence-electron chi connectivity index (χ3n) is 3.07. The molecule has 1 unspecified atom stereocenters. The summed E-state index contributed by atoms with van der Waals surface area (Å²) in [6.45, 7) is 5.39. The van der Waals surface area contributed by atoms with Gasteiger partial charge in [0, 0.05) is 6.42 Å². The first-order chi connectivity index (χ1) is 9.33. The molecule has 0 aliphatic carbocycles. The molecule has 0 spiro atoms. The Balaban J connectivity index is 2.34. The minimum Gasteiger partial charge on any atom is -0.443 e. The van der Waals surface area contributed by atoms with Crippen molar-refractivity contribution in [3.63, 3.8) is 0 Å². The van der Waals surface area contributed by atoms with Gasteiger partial charge < -0.3 is 4.74 Å². The van der Waals surface area contributed by atoms with E-state index < -0.39 is 17.7 Å². The van der Waals surface area contributed by atoms with Crippen molar-refractivity contribution < 1.29 is 14.3 Å². The number of benzene rings is 1. The van der Waals surface area contributed by atoms with E-state index in [9.17, 15) is 9.59 Å². The number of alkyl halides is 1. The fourth-order valence-corrected chi connectivity index (χ4v) is 2.45. The van der Waals surface area contributed by atoms with Crippen LogP contribution < -0.4 is 4.90 Å². The second-order valence-corrected chi connectivity index (χ2v) is 6.07. The number of nitrogens with zero attached hydrogens (tertiary/aromatic N) is 1. The lowest BCUT2D eigenvalue weighted by Gasteiger charge is -2.28. The standard InChI is InChI=1S/C15H18ClNO3/c1-15(2,3)20-14(19)17-11-7-5-4-6-10(11)8-12(17)13(18)9-16/h4-7,12H,8-9H2,1-3H3. The Bertz CT molecular complexity index is 536. The molecule has 1 aromatic rings. The Kier molecular flexibility index (Phi) is 4.04. The summed E-state index contributed by atoms with van der Waals surface area (Å²) < 4.78 is 5.40. The smallest absolute Gasteiger partial charge is 0.415 e. The zero-order valence-corrected chi connectivity index (χ0v) is 12.6. The van der Waals surface area contributed by atoms with Gasteiger partial charge in [-0.05, 0) is 32.4 Å². The quantitative estimate of drug-likeness (QED) is 0.787. The van der Waals surface area contributed by atoms with Crippen LogP contribution in [0.5, 0.6) is 0 Å². The maximum atomic E-state index is 12.4. The van der Waals surface area contributed by atoms with Crippen LogP contribution in [0.4, 0.5) is 10.5 Å². The molecule has 1 aliphatic rings.